The molecule has 2 aromatic rings. The van der Waals surface area contributed by atoms with Crippen LogP contribution in [-0.2, 0) is 17.8 Å². The van der Waals surface area contributed by atoms with Crippen molar-refractivity contribution in [1.82, 2.24) is 14.5 Å². The molecule has 5 heteroatoms. The number of aryl methyl sites for hydroxylation is 1. The Morgan fingerprint density at radius 1 is 1.39 bits per heavy atom. The van der Waals surface area contributed by atoms with Gasteiger partial charge in [0, 0.05) is 31.5 Å². The van der Waals surface area contributed by atoms with Crippen LogP contribution in [-0.4, -0.2) is 40.1 Å². The normalized spacial score (nSPS) is 18.3. The van der Waals surface area contributed by atoms with E-state index in [0.29, 0.717) is 11.6 Å². The third-order valence-corrected chi connectivity index (χ3v) is 4.63. The molecule has 0 bridgehead atoms. The summed E-state index contributed by atoms with van der Waals surface area (Å²) in [4.78, 5) is 18.7. The van der Waals surface area contributed by atoms with Crippen molar-refractivity contribution in [3.05, 3.63) is 53.6 Å². The third-order valence-electron chi connectivity index (χ3n) is 4.63. The van der Waals surface area contributed by atoms with Gasteiger partial charge in [0.25, 0.3) is 0 Å². The smallest absolute Gasteiger partial charge is 0.338 e. The molecule has 1 aromatic heterocycles. The fraction of sp³-hybridized carbons (Fsp3) is 0.444. The summed E-state index contributed by atoms with van der Waals surface area (Å²) in [5.74, 6) is 0.786. The second kappa shape index (κ2) is 6.96. The molecule has 1 aromatic carbocycles. The van der Waals surface area contributed by atoms with Crippen molar-refractivity contribution in [2.24, 2.45) is 0 Å². The molecule has 2 heterocycles. The summed E-state index contributed by atoms with van der Waals surface area (Å²) in [5.41, 5.74) is 1.70. The lowest BCUT2D eigenvalue weighted by atomic mass is 10.1. The first kappa shape index (κ1) is 15.7. The van der Waals surface area contributed by atoms with Gasteiger partial charge >= 0.3 is 5.97 Å². The molecular formula is C18H23N3O2. The Kier molecular flexibility index (Phi) is 4.76. The van der Waals surface area contributed by atoms with Gasteiger partial charge in [-0.3, -0.25) is 4.90 Å². The summed E-state index contributed by atoms with van der Waals surface area (Å²) in [6.45, 7) is 4.83. The van der Waals surface area contributed by atoms with Gasteiger partial charge in [0.1, 0.15) is 5.82 Å². The summed E-state index contributed by atoms with van der Waals surface area (Å²) in [7, 11) is 1.43. The molecule has 1 fully saturated rings. The zero-order valence-electron chi connectivity index (χ0n) is 13.7. The molecule has 0 amide bonds. The predicted octanol–water partition coefficient (Wildman–Crippen LogP) is 2.64. The maximum Gasteiger partial charge on any atom is 0.338 e. The van der Waals surface area contributed by atoms with Crippen LogP contribution in [0, 0.1) is 6.92 Å². The Hall–Kier alpha value is -2.14. The van der Waals surface area contributed by atoms with Gasteiger partial charge in [-0.15, -0.1) is 0 Å². The monoisotopic (exact) mass is 313 g/mol. The number of ether oxygens (including phenoxy) is 1. The van der Waals surface area contributed by atoms with Crippen LogP contribution in [0.1, 0.15) is 34.6 Å². The van der Waals surface area contributed by atoms with Crippen molar-refractivity contribution in [2.45, 2.75) is 38.9 Å². The summed E-state index contributed by atoms with van der Waals surface area (Å²) in [6.07, 6.45) is 6.26. The molecule has 23 heavy (non-hydrogen) atoms. The molecular weight excluding hydrogens is 290 g/mol. The molecule has 122 valence electrons. The highest BCUT2D eigenvalue weighted by atomic mass is 16.5. The van der Waals surface area contributed by atoms with Crippen molar-refractivity contribution >= 4 is 5.97 Å². The van der Waals surface area contributed by atoms with Crippen LogP contribution in [0.15, 0.2) is 36.7 Å². The van der Waals surface area contributed by atoms with E-state index in [0.717, 1.165) is 31.0 Å². The second-order valence-corrected chi connectivity index (χ2v) is 6.04. The van der Waals surface area contributed by atoms with Gasteiger partial charge in [0.15, 0.2) is 0 Å². The molecule has 1 aliphatic heterocycles. The standard InChI is InChI=1S/C18H23N3O2/c1-14-19-9-11-20(14)13-16-7-5-10-21(16)12-15-6-3-4-8-17(15)18(22)23-2/h3-4,6,8-9,11,16H,5,7,10,12-13H2,1-2H3. The quantitative estimate of drug-likeness (QED) is 0.796. The fourth-order valence-corrected chi connectivity index (χ4v) is 3.32. The van der Waals surface area contributed by atoms with Crippen molar-refractivity contribution in [1.29, 1.82) is 0 Å². The minimum Gasteiger partial charge on any atom is -0.465 e. The first-order chi connectivity index (χ1) is 11.2. The number of carbonyl (C=O) groups excluding carboxylic acids is 1. The highest BCUT2D eigenvalue weighted by molar-refractivity contribution is 5.90. The predicted molar refractivity (Wildman–Crippen MR) is 88.2 cm³/mol. The zero-order valence-corrected chi connectivity index (χ0v) is 13.7. The van der Waals surface area contributed by atoms with Crippen LogP contribution in [0.5, 0.6) is 0 Å². The van der Waals surface area contributed by atoms with E-state index >= 15 is 0 Å². The van der Waals surface area contributed by atoms with Gasteiger partial charge in [-0.25, -0.2) is 9.78 Å². The molecule has 3 rings (SSSR count). The van der Waals surface area contributed by atoms with E-state index in [9.17, 15) is 4.79 Å². The highest BCUT2D eigenvalue weighted by Crippen LogP contribution is 2.23. The number of hydrogen-bond acceptors (Lipinski definition) is 4. The number of carbonyl (C=O) groups is 1. The van der Waals surface area contributed by atoms with E-state index in [1.807, 2.05) is 43.6 Å². The summed E-state index contributed by atoms with van der Waals surface area (Å²) >= 11 is 0. The molecule has 1 unspecified atom stereocenters. The first-order valence-electron chi connectivity index (χ1n) is 8.07. The molecule has 0 N–H and O–H groups in total. The van der Waals surface area contributed by atoms with E-state index in [1.54, 1.807) is 0 Å². The molecule has 1 aliphatic rings. The molecule has 1 atom stereocenters. The average molecular weight is 313 g/mol. The number of hydrogen-bond donors (Lipinski definition) is 0. The lowest BCUT2D eigenvalue weighted by Gasteiger charge is -2.26. The average Bonchev–Trinajstić information content (AvgIpc) is 3.17. The van der Waals surface area contributed by atoms with Crippen molar-refractivity contribution in [2.75, 3.05) is 13.7 Å². The Morgan fingerprint density at radius 3 is 2.96 bits per heavy atom. The topological polar surface area (TPSA) is 47.4 Å². The number of nitrogens with zero attached hydrogens (tertiary/aromatic N) is 3. The zero-order chi connectivity index (χ0) is 16.2. The van der Waals surface area contributed by atoms with E-state index in [1.165, 1.54) is 20.0 Å². The minimum absolute atomic E-state index is 0.262. The van der Waals surface area contributed by atoms with Crippen molar-refractivity contribution in [3.8, 4) is 0 Å². The Bertz CT molecular complexity index is 680. The van der Waals surface area contributed by atoms with E-state index in [4.69, 9.17) is 4.74 Å². The van der Waals surface area contributed by atoms with Gasteiger partial charge in [-0.05, 0) is 37.9 Å². The van der Waals surface area contributed by atoms with Crippen LogP contribution in [0.3, 0.4) is 0 Å². The second-order valence-electron chi connectivity index (χ2n) is 6.04. The SMILES string of the molecule is COC(=O)c1ccccc1CN1CCCC1Cn1ccnc1C. The van der Waals surface area contributed by atoms with Gasteiger partial charge in [-0.1, -0.05) is 18.2 Å². The van der Waals surface area contributed by atoms with Gasteiger partial charge < -0.3 is 9.30 Å². The number of likely N-dealkylation sites (tertiary alicyclic amines) is 1. The van der Waals surface area contributed by atoms with Crippen LogP contribution in [0.4, 0.5) is 0 Å². The van der Waals surface area contributed by atoms with Crippen LogP contribution >= 0.6 is 0 Å². The van der Waals surface area contributed by atoms with Gasteiger partial charge in [0.2, 0.25) is 0 Å². The number of methoxy groups -OCH3 is 1. The molecule has 0 aliphatic carbocycles. The summed E-state index contributed by atoms with van der Waals surface area (Å²) < 4.78 is 7.10. The third kappa shape index (κ3) is 3.45. The molecule has 5 nitrogen and oxygen atoms in total. The maximum atomic E-state index is 11.9. The van der Waals surface area contributed by atoms with Gasteiger partial charge in [-0.2, -0.15) is 0 Å². The van der Waals surface area contributed by atoms with E-state index in [2.05, 4.69) is 14.5 Å². The molecule has 0 radical (unpaired) electrons. The summed E-state index contributed by atoms with van der Waals surface area (Å²) in [5, 5.41) is 0. The number of benzene rings is 1. The maximum absolute atomic E-state index is 11.9. The van der Waals surface area contributed by atoms with Crippen molar-refractivity contribution < 1.29 is 9.53 Å². The summed E-state index contributed by atoms with van der Waals surface area (Å²) in [6, 6.07) is 8.20. The molecule has 1 saturated heterocycles. The van der Waals surface area contributed by atoms with Crippen molar-refractivity contribution in [3.63, 3.8) is 0 Å². The minimum atomic E-state index is -0.262. The highest BCUT2D eigenvalue weighted by Gasteiger charge is 2.26. The van der Waals surface area contributed by atoms with Crippen LogP contribution in [0.25, 0.3) is 0 Å². The number of imidazole rings is 1. The Labute approximate surface area is 136 Å². The lowest BCUT2D eigenvalue weighted by Crippen LogP contribution is -2.33. The molecule has 0 spiro atoms. The first-order valence-corrected chi connectivity index (χ1v) is 8.07. The molecule has 0 saturated carbocycles. The number of esters is 1. The largest absolute Gasteiger partial charge is 0.465 e. The van der Waals surface area contributed by atoms with E-state index < -0.39 is 0 Å². The van der Waals surface area contributed by atoms with Crippen LogP contribution in [0.2, 0.25) is 0 Å². The van der Waals surface area contributed by atoms with Crippen LogP contribution < -0.4 is 0 Å². The Balaban J connectivity index is 1.74. The lowest BCUT2D eigenvalue weighted by molar-refractivity contribution is 0.0598. The fourth-order valence-electron chi connectivity index (χ4n) is 3.32. The van der Waals surface area contributed by atoms with Gasteiger partial charge in [0.05, 0.1) is 12.7 Å². The Morgan fingerprint density at radius 2 is 2.22 bits per heavy atom. The van der Waals surface area contributed by atoms with E-state index in [-0.39, 0.29) is 5.97 Å². The number of rotatable bonds is 5. The number of aromatic nitrogens is 2.